The maximum absolute atomic E-state index is 12.9. The van der Waals surface area contributed by atoms with E-state index in [2.05, 4.69) is 28.3 Å². The molecular formula is C22H24N4O2S2. The maximum Gasteiger partial charge on any atom is 0.264 e. The summed E-state index contributed by atoms with van der Waals surface area (Å²) in [5.41, 5.74) is 2.92. The summed E-state index contributed by atoms with van der Waals surface area (Å²) in [5.74, 6) is 0.675. The number of hydrogen-bond acceptors (Lipinski definition) is 6. The van der Waals surface area contributed by atoms with Crippen LogP contribution in [0, 0.1) is 6.92 Å². The maximum atomic E-state index is 12.9. The Morgan fingerprint density at radius 3 is 2.93 bits per heavy atom. The number of aromatic amines is 1. The number of nitrogens with one attached hydrogen (secondary N) is 1. The van der Waals surface area contributed by atoms with Gasteiger partial charge in [-0.05, 0) is 48.2 Å². The van der Waals surface area contributed by atoms with Crippen molar-refractivity contribution >= 4 is 28.6 Å². The number of fused-ring (bicyclic) bond motifs is 1. The summed E-state index contributed by atoms with van der Waals surface area (Å²) in [6.45, 7) is 5.22. The lowest BCUT2D eigenvalue weighted by molar-refractivity contribution is 0.0734. The van der Waals surface area contributed by atoms with Crippen LogP contribution in [-0.4, -0.2) is 38.8 Å². The summed E-state index contributed by atoms with van der Waals surface area (Å²) in [6.07, 6.45) is 2.53. The molecule has 1 amide bonds. The molecule has 0 spiro atoms. The summed E-state index contributed by atoms with van der Waals surface area (Å²) in [7, 11) is 0. The second kappa shape index (κ2) is 8.09. The Morgan fingerprint density at radius 1 is 1.27 bits per heavy atom. The van der Waals surface area contributed by atoms with Crippen molar-refractivity contribution in [3.8, 4) is 0 Å². The molecule has 3 aromatic rings. The van der Waals surface area contributed by atoms with Crippen LogP contribution < -0.4 is 5.56 Å². The van der Waals surface area contributed by atoms with Crippen molar-refractivity contribution in [3.63, 3.8) is 0 Å². The molecule has 2 aliphatic heterocycles. The lowest BCUT2D eigenvalue weighted by Gasteiger charge is -2.29. The predicted octanol–water partition coefficient (Wildman–Crippen LogP) is 3.74. The van der Waals surface area contributed by atoms with Gasteiger partial charge < -0.3 is 9.88 Å². The van der Waals surface area contributed by atoms with Crippen molar-refractivity contribution in [1.82, 2.24) is 19.8 Å². The van der Waals surface area contributed by atoms with Gasteiger partial charge in [0.2, 0.25) is 0 Å². The largest absolute Gasteiger partial charge is 0.328 e. The molecule has 0 aromatic carbocycles. The van der Waals surface area contributed by atoms with Crippen LogP contribution in [0.5, 0.6) is 0 Å². The topological polar surface area (TPSA) is 69.3 Å². The molecule has 5 rings (SSSR count). The van der Waals surface area contributed by atoms with Gasteiger partial charge >= 0.3 is 0 Å². The van der Waals surface area contributed by atoms with Crippen LogP contribution in [-0.2, 0) is 19.5 Å². The van der Waals surface area contributed by atoms with Crippen molar-refractivity contribution in [2.45, 2.75) is 45.3 Å². The minimum Gasteiger partial charge on any atom is -0.328 e. The summed E-state index contributed by atoms with van der Waals surface area (Å²) in [6, 6.07) is 5.74. The molecule has 6 nitrogen and oxygen atoms in total. The fourth-order valence-electron chi connectivity index (χ4n) is 4.40. The van der Waals surface area contributed by atoms with Crippen LogP contribution in [0.15, 0.2) is 33.8 Å². The molecule has 30 heavy (non-hydrogen) atoms. The number of carbonyl (C=O) groups excluding carboxylic acids is 1. The van der Waals surface area contributed by atoms with Gasteiger partial charge in [0.15, 0.2) is 0 Å². The third-order valence-electron chi connectivity index (χ3n) is 6.06. The van der Waals surface area contributed by atoms with Crippen LogP contribution >= 0.6 is 22.7 Å². The van der Waals surface area contributed by atoms with E-state index in [1.165, 1.54) is 21.8 Å². The molecule has 0 bridgehead atoms. The number of rotatable bonds is 4. The molecule has 0 aliphatic carbocycles. The smallest absolute Gasteiger partial charge is 0.264 e. The number of hydrogen-bond donors (Lipinski definition) is 1. The highest BCUT2D eigenvalue weighted by molar-refractivity contribution is 7.12. The van der Waals surface area contributed by atoms with Gasteiger partial charge in [-0.1, -0.05) is 6.07 Å². The van der Waals surface area contributed by atoms with Crippen molar-refractivity contribution in [2.24, 2.45) is 0 Å². The van der Waals surface area contributed by atoms with Gasteiger partial charge in [-0.25, -0.2) is 4.98 Å². The summed E-state index contributed by atoms with van der Waals surface area (Å²) in [4.78, 5) is 40.0. The number of aryl methyl sites for hydroxylation is 1. The van der Waals surface area contributed by atoms with Crippen LogP contribution in [0.3, 0.4) is 0 Å². The van der Waals surface area contributed by atoms with E-state index in [1.807, 2.05) is 22.4 Å². The molecule has 0 unspecified atom stereocenters. The lowest BCUT2D eigenvalue weighted by Crippen LogP contribution is -2.37. The molecular weight excluding hydrogens is 416 g/mol. The zero-order chi connectivity index (χ0) is 20.7. The van der Waals surface area contributed by atoms with E-state index in [9.17, 15) is 9.59 Å². The fourth-order valence-corrected chi connectivity index (χ4v) is 6.02. The summed E-state index contributed by atoms with van der Waals surface area (Å²) < 4.78 is 0. The Morgan fingerprint density at radius 2 is 2.17 bits per heavy atom. The molecule has 1 atom stereocenters. The minimum atomic E-state index is -0.149. The fraction of sp³-hybridized carbons (Fsp3) is 0.409. The third kappa shape index (κ3) is 3.64. The first-order chi connectivity index (χ1) is 14.6. The number of likely N-dealkylation sites (tertiary alicyclic amines) is 1. The van der Waals surface area contributed by atoms with Crippen LogP contribution in [0.1, 0.15) is 56.1 Å². The first-order valence-electron chi connectivity index (χ1n) is 10.3. The molecule has 1 N–H and O–H groups in total. The van der Waals surface area contributed by atoms with E-state index in [4.69, 9.17) is 4.98 Å². The number of H-pyrrole nitrogens is 1. The Hall–Kier alpha value is -2.29. The van der Waals surface area contributed by atoms with Crippen molar-refractivity contribution in [1.29, 1.82) is 0 Å². The summed E-state index contributed by atoms with van der Waals surface area (Å²) in [5, 5.41) is 4.04. The predicted molar refractivity (Wildman–Crippen MR) is 119 cm³/mol. The van der Waals surface area contributed by atoms with E-state index < -0.39 is 0 Å². The number of aromatic nitrogens is 2. The van der Waals surface area contributed by atoms with Crippen molar-refractivity contribution in [2.75, 3.05) is 13.1 Å². The van der Waals surface area contributed by atoms with Gasteiger partial charge in [0.1, 0.15) is 5.82 Å². The molecule has 0 radical (unpaired) electrons. The SMILES string of the molecule is Cc1ccsc1CN1CCc2nc([C@H]3CCCN3C(=O)c3cccs3)[nH]c(=O)c2C1. The van der Waals surface area contributed by atoms with Crippen LogP contribution in [0.25, 0.3) is 0 Å². The first-order valence-corrected chi connectivity index (χ1v) is 12.1. The molecule has 156 valence electrons. The second-order valence-electron chi connectivity index (χ2n) is 8.00. The number of nitrogens with zero attached hydrogens (tertiary/aromatic N) is 3. The standard InChI is InChI=1S/C22H24N4O2S2/c1-14-7-11-30-19(14)13-25-9-6-16-15(12-25)21(27)24-20(23-16)17-4-2-8-26(17)22(28)18-5-3-10-29-18/h3,5,7,10-11,17H,2,4,6,8-9,12-13H2,1H3,(H,23,24,27)/t17-/m1/s1. The molecule has 8 heteroatoms. The minimum absolute atomic E-state index is 0.0327. The highest BCUT2D eigenvalue weighted by Gasteiger charge is 2.34. The van der Waals surface area contributed by atoms with Crippen LogP contribution in [0.2, 0.25) is 0 Å². The van der Waals surface area contributed by atoms with E-state index in [1.54, 1.807) is 11.3 Å². The van der Waals surface area contributed by atoms with Crippen LogP contribution in [0.4, 0.5) is 0 Å². The van der Waals surface area contributed by atoms with E-state index in [0.29, 0.717) is 18.9 Å². The van der Waals surface area contributed by atoms with Gasteiger partial charge in [0.05, 0.1) is 22.2 Å². The number of thiophene rings is 2. The lowest BCUT2D eigenvalue weighted by atomic mass is 10.1. The Kier molecular flexibility index (Phi) is 5.30. The monoisotopic (exact) mass is 440 g/mol. The molecule has 5 heterocycles. The number of carbonyl (C=O) groups is 1. The van der Waals surface area contributed by atoms with E-state index >= 15 is 0 Å². The van der Waals surface area contributed by atoms with Gasteiger partial charge in [-0.3, -0.25) is 14.5 Å². The van der Waals surface area contributed by atoms with Gasteiger partial charge in [0, 0.05) is 37.5 Å². The van der Waals surface area contributed by atoms with Crippen molar-refractivity contribution in [3.05, 3.63) is 71.7 Å². The molecule has 0 saturated carbocycles. The highest BCUT2D eigenvalue weighted by atomic mass is 32.1. The van der Waals surface area contributed by atoms with Gasteiger partial charge in [-0.15, -0.1) is 22.7 Å². The third-order valence-corrected chi connectivity index (χ3v) is 7.93. The molecule has 1 saturated heterocycles. The van der Waals surface area contributed by atoms with E-state index in [0.717, 1.165) is 48.5 Å². The molecule has 1 fully saturated rings. The number of amides is 1. The Bertz CT molecular complexity index is 1120. The quantitative estimate of drug-likeness (QED) is 0.671. The average molecular weight is 441 g/mol. The molecule has 2 aliphatic rings. The Labute approximate surface area is 183 Å². The van der Waals surface area contributed by atoms with Crippen molar-refractivity contribution < 1.29 is 4.79 Å². The zero-order valence-corrected chi connectivity index (χ0v) is 18.5. The molecule has 3 aromatic heterocycles. The Balaban J connectivity index is 1.37. The van der Waals surface area contributed by atoms with Gasteiger partial charge in [-0.2, -0.15) is 0 Å². The summed E-state index contributed by atoms with van der Waals surface area (Å²) >= 11 is 3.23. The average Bonchev–Trinajstić information content (AvgIpc) is 3.50. The van der Waals surface area contributed by atoms with E-state index in [-0.39, 0.29) is 17.5 Å². The second-order valence-corrected chi connectivity index (χ2v) is 9.95. The first kappa shape index (κ1) is 19.7. The van der Waals surface area contributed by atoms with Gasteiger partial charge in [0.25, 0.3) is 11.5 Å². The highest BCUT2D eigenvalue weighted by Crippen LogP contribution is 2.32. The zero-order valence-electron chi connectivity index (χ0n) is 16.9. The normalized spacial score (nSPS) is 19.2.